The maximum atomic E-state index is 12.5. The first-order chi connectivity index (χ1) is 9.32. The molecule has 2 fully saturated rings. The van der Waals surface area contributed by atoms with Crippen LogP contribution < -0.4 is 0 Å². The minimum absolute atomic E-state index is 0.0437. The van der Waals surface area contributed by atoms with Gasteiger partial charge < -0.3 is 9.32 Å². The summed E-state index contributed by atoms with van der Waals surface area (Å²) in [4.78, 5) is 14.2. The fourth-order valence-corrected chi connectivity index (χ4v) is 4.22. The third-order valence-electron chi connectivity index (χ3n) is 4.37. The van der Waals surface area contributed by atoms with Crippen molar-refractivity contribution in [3.63, 3.8) is 0 Å². The topological polar surface area (TPSA) is 67.6 Å². The lowest BCUT2D eigenvalue weighted by Crippen LogP contribution is -2.55. The summed E-state index contributed by atoms with van der Waals surface area (Å²) in [5, 5.41) is 0. The second kappa shape index (κ2) is 4.35. The zero-order valence-electron chi connectivity index (χ0n) is 11.7. The first-order valence-corrected chi connectivity index (χ1v) is 8.51. The smallest absolute Gasteiger partial charge is 0.226 e. The molecule has 20 heavy (non-hydrogen) atoms. The number of amides is 1. The van der Waals surface area contributed by atoms with E-state index < -0.39 is 14.6 Å². The molecule has 1 saturated carbocycles. The molecule has 0 unspecified atom stereocenters. The van der Waals surface area contributed by atoms with E-state index >= 15 is 0 Å². The van der Waals surface area contributed by atoms with Crippen LogP contribution in [-0.4, -0.2) is 42.8 Å². The molecule has 0 bridgehead atoms. The van der Waals surface area contributed by atoms with Gasteiger partial charge in [0.15, 0.2) is 9.84 Å². The number of rotatable bonds is 2. The fourth-order valence-electron chi connectivity index (χ4n) is 2.85. The molecule has 3 rings (SSSR count). The van der Waals surface area contributed by atoms with Gasteiger partial charge in [-0.15, -0.1) is 0 Å². The van der Waals surface area contributed by atoms with E-state index in [1.807, 2.05) is 12.1 Å². The van der Waals surface area contributed by atoms with Crippen LogP contribution in [0.4, 0.5) is 0 Å². The van der Waals surface area contributed by atoms with Crippen molar-refractivity contribution in [3.05, 3.63) is 24.2 Å². The Morgan fingerprint density at radius 2 is 2.20 bits per heavy atom. The second-order valence-electron chi connectivity index (χ2n) is 6.30. The van der Waals surface area contributed by atoms with Crippen molar-refractivity contribution in [1.29, 1.82) is 0 Å². The van der Waals surface area contributed by atoms with Gasteiger partial charge in [-0.3, -0.25) is 4.79 Å². The van der Waals surface area contributed by atoms with E-state index in [1.54, 1.807) is 25.0 Å². The minimum atomic E-state index is -3.10. The predicted octanol–water partition coefficient (Wildman–Crippen LogP) is 1.42. The van der Waals surface area contributed by atoms with Gasteiger partial charge in [-0.1, -0.05) is 0 Å². The third kappa shape index (κ3) is 2.16. The van der Waals surface area contributed by atoms with Gasteiger partial charge in [0.2, 0.25) is 5.91 Å². The summed E-state index contributed by atoms with van der Waals surface area (Å²) in [6.07, 6.45) is 2.42. The van der Waals surface area contributed by atoms with Crippen LogP contribution in [-0.2, 0) is 14.6 Å². The lowest BCUT2D eigenvalue weighted by molar-refractivity contribution is -0.133. The summed E-state index contributed by atoms with van der Waals surface area (Å²) in [6.45, 7) is 3.98. The highest BCUT2D eigenvalue weighted by Crippen LogP contribution is 2.49. The molecule has 0 aromatic carbocycles. The molecule has 1 aromatic rings. The molecule has 1 aliphatic carbocycles. The van der Waals surface area contributed by atoms with Gasteiger partial charge in [0.1, 0.15) is 5.76 Å². The molecule has 1 amide bonds. The average Bonchev–Trinajstić information content (AvgIpc) is 2.98. The van der Waals surface area contributed by atoms with Crippen molar-refractivity contribution in [2.45, 2.75) is 30.9 Å². The van der Waals surface area contributed by atoms with Crippen molar-refractivity contribution in [3.8, 4) is 0 Å². The van der Waals surface area contributed by atoms with Crippen molar-refractivity contribution >= 4 is 15.7 Å². The minimum Gasteiger partial charge on any atom is -0.469 e. The van der Waals surface area contributed by atoms with Gasteiger partial charge >= 0.3 is 0 Å². The molecule has 1 saturated heterocycles. The van der Waals surface area contributed by atoms with E-state index in [-0.39, 0.29) is 30.0 Å². The number of furan rings is 1. The molecule has 2 atom stereocenters. The van der Waals surface area contributed by atoms with Crippen LogP contribution in [0.1, 0.15) is 31.9 Å². The molecular formula is C14H19NO4S. The molecule has 1 aliphatic heterocycles. The molecule has 0 spiro atoms. The van der Waals surface area contributed by atoms with Crippen LogP contribution in [0, 0.1) is 5.92 Å². The number of hydrogen-bond donors (Lipinski definition) is 0. The summed E-state index contributed by atoms with van der Waals surface area (Å²) < 4.78 is 28.4. The summed E-state index contributed by atoms with van der Waals surface area (Å²) in [5.74, 6) is 1.10. The first-order valence-electron chi connectivity index (χ1n) is 6.86. The van der Waals surface area contributed by atoms with E-state index in [2.05, 4.69) is 0 Å². The van der Waals surface area contributed by atoms with Gasteiger partial charge in [0, 0.05) is 24.9 Å². The van der Waals surface area contributed by atoms with Crippen LogP contribution in [0.3, 0.4) is 0 Å². The highest BCUT2D eigenvalue weighted by Gasteiger charge is 2.50. The molecule has 2 heterocycles. The number of carbonyl (C=O) groups excluding carboxylic acids is 1. The molecular weight excluding hydrogens is 278 g/mol. The average molecular weight is 297 g/mol. The van der Waals surface area contributed by atoms with Gasteiger partial charge in [-0.2, -0.15) is 0 Å². The molecule has 5 nitrogen and oxygen atoms in total. The van der Waals surface area contributed by atoms with Crippen LogP contribution in [0.2, 0.25) is 0 Å². The van der Waals surface area contributed by atoms with E-state index in [4.69, 9.17) is 4.42 Å². The lowest BCUT2D eigenvalue weighted by atomic mass is 10.1. The van der Waals surface area contributed by atoms with Crippen LogP contribution in [0.5, 0.6) is 0 Å². The summed E-state index contributed by atoms with van der Waals surface area (Å²) in [6, 6.07) is 3.72. The molecule has 0 radical (unpaired) electrons. The van der Waals surface area contributed by atoms with Crippen molar-refractivity contribution in [2.75, 3.05) is 18.8 Å². The molecule has 6 heteroatoms. The predicted molar refractivity (Wildman–Crippen MR) is 74.0 cm³/mol. The Balaban J connectivity index is 1.68. The van der Waals surface area contributed by atoms with E-state index in [1.165, 1.54) is 0 Å². The summed E-state index contributed by atoms with van der Waals surface area (Å²) in [5.41, 5.74) is 0. The van der Waals surface area contributed by atoms with E-state index in [0.29, 0.717) is 6.54 Å². The largest absolute Gasteiger partial charge is 0.469 e. The maximum Gasteiger partial charge on any atom is 0.226 e. The summed E-state index contributed by atoms with van der Waals surface area (Å²) >= 11 is 0. The van der Waals surface area contributed by atoms with Crippen molar-refractivity contribution < 1.29 is 17.6 Å². The molecule has 1 aromatic heterocycles. The van der Waals surface area contributed by atoms with Crippen molar-refractivity contribution in [2.24, 2.45) is 5.92 Å². The molecule has 2 aliphatic rings. The quantitative estimate of drug-likeness (QED) is 0.828. The lowest BCUT2D eigenvalue weighted by Gasteiger charge is -2.37. The van der Waals surface area contributed by atoms with Gasteiger partial charge in [0.05, 0.1) is 16.8 Å². The van der Waals surface area contributed by atoms with Gasteiger partial charge in [-0.25, -0.2) is 8.42 Å². The zero-order valence-corrected chi connectivity index (χ0v) is 12.5. The standard InChI is InChI=1S/C14H19NO4S/c1-14(2)9-15(5-7-20(14,17)18)13(16)11-8-10(11)12-4-3-6-19-12/h3-4,6,10-11H,5,7-9H2,1-2H3/t10-,11-/m1/s1. The summed E-state index contributed by atoms with van der Waals surface area (Å²) in [7, 11) is -3.10. The highest BCUT2D eigenvalue weighted by molar-refractivity contribution is 7.92. The van der Waals surface area contributed by atoms with Crippen molar-refractivity contribution in [1.82, 2.24) is 4.90 Å². The van der Waals surface area contributed by atoms with E-state index in [9.17, 15) is 13.2 Å². The highest BCUT2D eigenvalue weighted by atomic mass is 32.2. The van der Waals surface area contributed by atoms with Crippen LogP contribution in [0.25, 0.3) is 0 Å². The second-order valence-corrected chi connectivity index (χ2v) is 9.05. The third-order valence-corrected chi connectivity index (χ3v) is 6.90. The number of carbonyl (C=O) groups is 1. The monoisotopic (exact) mass is 297 g/mol. The zero-order chi connectivity index (χ0) is 14.5. The maximum absolute atomic E-state index is 12.5. The van der Waals surface area contributed by atoms with E-state index in [0.717, 1.165) is 12.2 Å². The number of hydrogen-bond acceptors (Lipinski definition) is 4. The van der Waals surface area contributed by atoms with Gasteiger partial charge in [0.25, 0.3) is 0 Å². The molecule has 110 valence electrons. The van der Waals surface area contributed by atoms with Crippen LogP contribution in [0.15, 0.2) is 22.8 Å². The Labute approximate surface area is 118 Å². The Bertz CT molecular complexity index is 618. The first kappa shape index (κ1) is 13.7. The normalized spacial score (nSPS) is 31.0. The fraction of sp³-hybridized carbons (Fsp3) is 0.643. The van der Waals surface area contributed by atoms with Gasteiger partial charge in [-0.05, 0) is 32.4 Å². The Morgan fingerprint density at radius 1 is 1.45 bits per heavy atom. The Hall–Kier alpha value is -1.30. The molecule has 0 N–H and O–H groups in total. The number of nitrogens with zero attached hydrogens (tertiary/aromatic N) is 1. The number of sulfone groups is 1. The Morgan fingerprint density at radius 3 is 2.80 bits per heavy atom. The SMILES string of the molecule is CC1(C)CN(C(=O)[C@@H]2C[C@H]2c2ccco2)CCS1(=O)=O. The van der Waals surface area contributed by atoms with Crippen LogP contribution >= 0.6 is 0 Å². The Kier molecular flexibility index (Phi) is 2.97.